The standard InChI is InChI=1S/C51H38N2/c1-51(2)44-23-12-9-21-41(44)42-33-32-39(34-45(42)51)53(46-24-13-10-20-40(46)37-18-7-4-8-19-37)49-27-15-26-48-50(49)43-22-11-14-25-47(43)52(48)38-30-28-36(29-31-38)35-16-5-3-6-17-35/h3-34H,1-2H3. The highest BCUT2D eigenvalue weighted by Crippen LogP contribution is 2.52. The molecule has 252 valence electrons. The van der Waals surface area contributed by atoms with Crippen molar-refractivity contribution in [2.24, 2.45) is 0 Å². The number of aromatic nitrogens is 1. The molecule has 0 saturated heterocycles. The van der Waals surface area contributed by atoms with Gasteiger partial charge >= 0.3 is 0 Å². The Morgan fingerprint density at radius 2 is 1.00 bits per heavy atom. The lowest BCUT2D eigenvalue weighted by atomic mass is 9.82. The van der Waals surface area contributed by atoms with Crippen LogP contribution in [0.3, 0.4) is 0 Å². The highest BCUT2D eigenvalue weighted by molar-refractivity contribution is 6.17. The maximum atomic E-state index is 2.50. The summed E-state index contributed by atoms with van der Waals surface area (Å²) in [5.41, 5.74) is 17.0. The Hall–Kier alpha value is -6.64. The van der Waals surface area contributed by atoms with Gasteiger partial charge in [0.1, 0.15) is 0 Å². The van der Waals surface area contributed by atoms with Crippen molar-refractivity contribution >= 4 is 38.9 Å². The highest BCUT2D eigenvalue weighted by Gasteiger charge is 2.36. The van der Waals surface area contributed by atoms with E-state index in [0.717, 1.165) is 22.7 Å². The maximum absolute atomic E-state index is 2.50. The van der Waals surface area contributed by atoms with Crippen LogP contribution in [-0.4, -0.2) is 4.57 Å². The van der Waals surface area contributed by atoms with Gasteiger partial charge in [0.2, 0.25) is 0 Å². The summed E-state index contributed by atoms with van der Waals surface area (Å²) in [5.74, 6) is 0. The Balaban J connectivity index is 1.23. The SMILES string of the molecule is CC1(C)c2ccccc2-c2ccc(N(c3ccccc3-c3ccccc3)c3cccc4c3c3ccccc3n4-c3ccc(-c4ccccc4)cc3)cc21. The molecule has 0 bridgehead atoms. The fourth-order valence-electron chi connectivity index (χ4n) is 8.67. The van der Waals surface area contributed by atoms with E-state index in [1.165, 1.54) is 66.3 Å². The van der Waals surface area contributed by atoms with Crippen LogP contribution in [0.4, 0.5) is 17.1 Å². The Kier molecular flexibility index (Phi) is 7.19. The summed E-state index contributed by atoms with van der Waals surface area (Å²) in [7, 11) is 0. The largest absolute Gasteiger partial charge is 0.309 e. The number of anilines is 3. The molecule has 9 aromatic rings. The van der Waals surface area contributed by atoms with E-state index >= 15 is 0 Å². The van der Waals surface area contributed by atoms with Crippen molar-refractivity contribution in [2.75, 3.05) is 4.90 Å². The monoisotopic (exact) mass is 678 g/mol. The number of hydrogen-bond donors (Lipinski definition) is 0. The zero-order valence-electron chi connectivity index (χ0n) is 29.9. The molecule has 1 aliphatic rings. The lowest BCUT2D eigenvalue weighted by Crippen LogP contribution is -2.17. The third-order valence-electron chi connectivity index (χ3n) is 11.2. The molecule has 2 nitrogen and oxygen atoms in total. The van der Waals surface area contributed by atoms with Crippen molar-refractivity contribution in [3.63, 3.8) is 0 Å². The Bertz CT molecular complexity index is 2790. The van der Waals surface area contributed by atoms with Crippen molar-refractivity contribution in [1.29, 1.82) is 0 Å². The van der Waals surface area contributed by atoms with E-state index in [-0.39, 0.29) is 5.41 Å². The quantitative estimate of drug-likeness (QED) is 0.170. The highest BCUT2D eigenvalue weighted by atomic mass is 15.2. The first kappa shape index (κ1) is 31.1. The van der Waals surface area contributed by atoms with Crippen LogP contribution in [0.2, 0.25) is 0 Å². The van der Waals surface area contributed by atoms with Crippen LogP contribution in [0.15, 0.2) is 194 Å². The van der Waals surface area contributed by atoms with E-state index in [9.17, 15) is 0 Å². The minimum absolute atomic E-state index is 0.125. The van der Waals surface area contributed by atoms with Crippen LogP contribution in [0.1, 0.15) is 25.0 Å². The summed E-state index contributed by atoms with van der Waals surface area (Å²) in [6.07, 6.45) is 0. The Labute approximate surface area is 310 Å². The summed E-state index contributed by atoms with van der Waals surface area (Å²) in [4.78, 5) is 2.50. The number of para-hydroxylation sites is 2. The molecule has 1 heterocycles. The zero-order valence-corrected chi connectivity index (χ0v) is 29.9. The topological polar surface area (TPSA) is 8.17 Å². The van der Waals surface area contributed by atoms with E-state index in [4.69, 9.17) is 0 Å². The summed E-state index contributed by atoms with van der Waals surface area (Å²) < 4.78 is 2.42. The van der Waals surface area contributed by atoms with Gasteiger partial charge in [0, 0.05) is 33.1 Å². The third kappa shape index (κ3) is 4.94. The summed E-state index contributed by atoms with van der Waals surface area (Å²) in [6, 6.07) is 70.8. The predicted octanol–water partition coefficient (Wildman–Crippen LogP) is 13.9. The normalized spacial score (nSPS) is 12.9. The van der Waals surface area contributed by atoms with Crippen LogP contribution in [0, 0.1) is 0 Å². The van der Waals surface area contributed by atoms with Gasteiger partial charge in [0.15, 0.2) is 0 Å². The predicted molar refractivity (Wildman–Crippen MR) is 224 cm³/mol. The van der Waals surface area contributed by atoms with Crippen molar-refractivity contribution in [3.05, 3.63) is 205 Å². The van der Waals surface area contributed by atoms with E-state index in [1.54, 1.807) is 0 Å². The van der Waals surface area contributed by atoms with Gasteiger partial charge in [-0.15, -0.1) is 0 Å². The van der Waals surface area contributed by atoms with Crippen molar-refractivity contribution in [3.8, 4) is 39.1 Å². The van der Waals surface area contributed by atoms with Crippen molar-refractivity contribution in [2.45, 2.75) is 19.3 Å². The molecule has 53 heavy (non-hydrogen) atoms. The molecular formula is C51H38N2. The molecule has 0 fully saturated rings. The minimum atomic E-state index is -0.125. The fourth-order valence-corrected chi connectivity index (χ4v) is 8.67. The summed E-state index contributed by atoms with van der Waals surface area (Å²) in [5, 5.41) is 2.45. The second-order valence-corrected chi connectivity index (χ2v) is 14.6. The Morgan fingerprint density at radius 3 is 1.79 bits per heavy atom. The number of hydrogen-bond acceptors (Lipinski definition) is 1. The second kappa shape index (κ2) is 12.3. The van der Waals surface area contributed by atoms with E-state index in [1.807, 2.05) is 0 Å². The van der Waals surface area contributed by atoms with Gasteiger partial charge in [-0.1, -0.05) is 159 Å². The average molecular weight is 679 g/mol. The first-order valence-electron chi connectivity index (χ1n) is 18.4. The molecule has 8 aromatic carbocycles. The molecule has 0 N–H and O–H groups in total. The molecule has 0 amide bonds. The van der Waals surface area contributed by atoms with Crippen LogP contribution in [0.5, 0.6) is 0 Å². The van der Waals surface area contributed by atoms with Crippen LogP contribution >= 0.6 is 0 Å². The first-order chi connectivity index (χ1) is 26.1. The smallest absolute Gasteiger partial charge is 0.0562 e. The molecule has 0 atom stereocenters. The lowest BCUT2D eigenvalue weighted by Gasteiger charge is -2.30. The number of fused-ring (bicyclic) bond motifs is 6. The van der Waals surface area contributed by atoms with E-state index in [2.05, 4.69) is 217 Å². The van der Waals surface area contributed by atoms with Crippen molar-refractivity contribution < 1.29 is 0 Å². The van der Waals surface area contributed by atoms with Crippen LogP contribution in [0.25, 0.3) is 60.9 Å². The van der Waals surface area contributed by atoms with Gasteiger partial charge in [-0.3, -0.25) is 0 Å². The van der Waals surface area contributed by atoms with Crippen molar-refractivity contribution in [1.82, 2.24) is 4.57 Å². The van der Waals surface area contributed by atoms with Gasteiger partial charge in [0.05, 0.1) is 22.4 Å². The molecule has 0 radical (unpaired) electrons. The lowest BCUT2D eigenvalue weighted by molar-refractivity contribution is 0.660. The summed E-state index contributed by atoms with van der Waals surface area (Å²) in [6.45, 7) is 4.72. The van der Waals surface area contributed by atoms with Gasteiger partial charge in [-0.2, -0.15) is 0 Å². The molecule has 0 saturated carbocycles. The molecule has 1 aromatic heterocycles. The molecule has 10 rings (SSSR count). The third-order valence-corrected chi connectivity index (χ3v) is 11.2. The molecule has 0 aliphatic heterocycles. The zero-order chi connectivity index (χ0) is 35.5. The van der Waals surface area contributed by atoms with Gasteiger partial charge in [0.25, 0.3) is 0 Å². The number of benzene rings is 8. The van der Waals surface area contributed by atoms with Crippen LogP contribution < -0.4 is 4.90 Å². The molecular weight excluding hydrogens is 641 g/mol. The molecule has 0 spiro atoms. The number of nitrogens with zero attached hydrogens (tertiary/aromatic N) is 2. The van der Waals surface area contributed by atoms with Crippen LogP contribution in [-0.2, 0) is 5.41 Å². The van der Waals surface area contributed by atoms with Gasteiger partial charge in [-0.05, 0) is 87.5 Å². The first-order valence-corrected chi connectivity index (χ1v) is 18.4. The molecule has 0 unspecified atom stereocenters. The van der Waals surface area contributed by atoms with Gasteiger partial charge < -0.3 is 9.47 Å². The Morgan fingerprint density at radius 1 is 0.415 bits per heavy atom. The van der Waals surface area contributed by atoms with E-state index < -0.39 is 0 Å². The molecule has 2 heteroatoms. The maximum Gasteiger partial charge on any atom is 0.0562 e. The number of rotatable bonds is 6. The fraction of sp³-hybridized carbons (Fsp3) is 0.0588. The minimum Gasteiger partial charge on any atom is -0.309 e. The average Bonchev–Trinajstić information content (AvgIpc) is 3.68. The van der Waals surface area contributed by atoms with E-state index in [0.29, 0.717) is 0 Å². The second-order valence-electron chi connectivity index (χ2n) is 14.6. The molecule has 1 aliphatic carbocycles. The summed E-state index contributed by atoms with van der Waals surface area (Å²) >= 11 is 0. The van der Waals surface area contributed by atoms with Gasteiger partial charge in [-0.25, -0.2) is 0 Å².